The van der Waals surface area contributed by atoms with E-state index >= 15 is 0 Å². The third-order valence-electron chi connectivity index (χ3n) is 14.8. The second kappa shape index (κ2) is 10.6. The molecular formula is C39H52O6. The van der Waals surface area contributed by atoms with Crippen LogP contribution in [0.25, 0.3) is 6.08 Å². The summed E-state index contributed by atoms with van der Waals surface area (Å²) in [4.78, 5) is 40.1. The lowest BCUT2D eigenvalue weighted by Crippen LogP contribution is -2.71. The van der Waals surface area contributed by atoms with Crippen molar-refractivity contribution in [3.63, 3.8) is 0 Å². The summed E-state index contributed by atoms with van der Waals surface area (Å²) in [5, 5.41) is 20.4. The van der Waals surface area contributed by atoms with E-state index in [2.05, 4.69) is 48.1 Å². The maximum Gasteiger partial charge on any atom is 0.331 e. The number of aromatic hydroxyl groups is 1. The van der Waals surface area contributed by atoms with E-state index in [0.29, 0.717) is 31.5 Å². The monoisotopic (exact) mass is 616 g/mol. The number of allylic oxidation sites excluding steroid dienone is 1. The molecule has 5 fully saturated rings. The quantitative estimate of drug-likeness (QED) is 0.196. The minimum atomic E-state index is -0.726. The van der Waals surface area contributed by atoms with Crippen LogP contribution in [0.5, 0.6) is 5.75 Å². The van der Waals surface area contributed by atoms with Crippen LogP contribution in [0.3, 0.4) is 0 Å². The molecule has 0 amide bonds. The first-order valence-corrected chi connectivity index (χ1v) is 17.1. The van der Waals surface area contributed by atoms with Crippen molar-refractivity contribution in [2.24, 2.45) is 56.7 Å². The molecule has 0 unspecified atom stereocenters. The van der Waals surface area contributed by atoms with Gasteiger partial charge < -0.3 is 14.9 Å². The van der Waals surface area contributed by atoms with Gasteiger partial charge in [0.2, 0.25) is 0 Å². The number of aliphatic carboxylic acids is 1. The second-order valence-corrected chi connectivity index (χ2v) is 16.7. The Labute approximate surface area is 268 Å². The van der Waals surface area contributed by atoms with Gasteiger partial charge in [-0.3, -0.25) is 9.59 Å². The number of rotatable bonds is 5. The molecule has 6 heteroatoms. The van der Waals surface area contributed by atoms with Gasteiger partial charge in [-0.1, -0.05) is 58.9 Å². The predicted molar refractivity (Wildman–Crippen MR) is 174 cm³/mol. The van der Waals surface area contributed by atoms with Crippen molar-refractivity contribution in [1.29, 1.82) is 0 Å². The Hall–Kier alpha value is -2.89. The highest BCUT2D eigenvalue weighted by Crippen LogP contribution is 2.77. The van der Waals surface area contributed by atoms with Gasteiger partial charge in [-0.15, -0.1) is 0 Å². The summed E-state index contributed by atoms with van der Waals surface area (Å²) in [5.41, 5.74) is -0.0926. The SMILES string of the molecule is C=C(C)[C@H]1CC[C@@]2(C(=O)O)CC[C@]3(C)[C@H](CC[C@H]4[C@@]5(C)CCC(=O)C(C)(C)[C@@H]5C[C@H](OC(=O)/C=C/c5ccc(O)cc5)[C@@]43C)[C@H]12. The molecule has 0 heterocycles. The molecule has 1 aromatic rings. The number of fused-ring (bicyclic) bond motifs is 7. The van der Waals surface area contributed by atoms with Gasteiger partial charge in [-0.05, 0) is 122 Å². The van der Waals surface area contributed by atoms with Crippen molar-refractivity contribution in [2.45, 2.75) is 105 Å². The van der Waals surface area contributed by atoms with Gasteiger partial charge in [-0.25, -0.2) is 4.79 Å². The number of ether oxygens (including phenoxy) is 1. The first-order valence-electron chi connectivity index (χ1n) is 17.1. The first kappa shape index (κ1) is 32.1. The second-order valence-electron chi connectivity index (χ2n) is 16.7. The van der Waals surface area contributed by atoms with Crippen LogP contribution in [-0.4, -0.2) is 34.0 Å². The van der Waals surface area contributed by atoms with Crippen LogP contribution in [0.2, 0.25) is 0 Å². The van der Waals surface area contributed by atoms with E-state index in [1.165, 1.54) is 6.08 Å². The average molecular weight is 617 g/mol. The third-order valence-corrected chi connectivity index (χ3v) is 14.8. The Morgan fingerprint density at radius 1 is 0.956 bits per heavy atom. The fourth-order valence-corrected chi connectivity index (χ4v) is 12.3. The highest BCUT2D eigenvalue weighted by atomic mass is 16.5. The fourth-order valence-electron chi connectivity index (χ4n) is 12.3. The molecule has 10 atom stereocenters. The van der Waals surface area contributed by atoms with E-state index in [1.807, 2.05) is 0 Å². The van der Waals surface area contributed by atoms with E-state index in [4.69, 9.17) is 4.74 Å². The van der Waals surface area contributed by atoms with Crippen molar-refractivity contribution in [3.05, 3.63) is 48.1 Å². The van der Waals surface area contributed by atoms with Crippen molar-refractivity contribution >= 4 is 23.8 Å². The molecule has 45 heavy (non-hydrogen) atoms. The highest BCUT2D eigenvalue weighted by Gasteiger charge is 2.75. The minimum absolute atomic E-state index is 0.0182. The Kier molecular flexibility index (Phi) is 7.53. The average Bonchev–Trinajstić information content (AvgIpc) is 3.38. The number of carbonyl (C=O) groups is 3. The van der Waals surface area contributed by atoms with Crippen LogP contribution in [0, 0.1) is 56.7 Å². The van der Waals surface area contributed by atoms with Crippen LogP contribution in [0.1, 0.15) is 105 Å². The molecule has 0 aromatic heterocycles. The normalized spacial score (nSPS) is 43.5. The van der Waals surface area contributed by atoms with E-state index < -0.39 is 34.3 Å². The number of ketones is 1. The van der Waals surface area contributed by atoms with Gasteiger partial charge >= 0.3 is 11.9 Å². The van der Waals surface area contributed by atoms with Gasteiger partial charge in [0.15, 0.2) is 0 Å². The highest BCUT2D eigenvalue weighted by molar-refractivity contribution is 5.87. The van der Waals surface area contributed by atoms with Gasteiger partial charge in [-0.2, -0.15) is 0 Å². The zero-order chi connectivity index (χ0) is 32.7. The van der Waals surface area contributed by atoms with Crippen molar-refractivity contribution < 1.29 is 29.3 Å². The van der Waals surface area contributed by atoms with Gasteiger partial charge in [0.25, 0.3) is 0 Å². The number of phenolic OH excluding ortho intramolecular Hbond substituents is 1. The maximum absolute atomic E-state index is 13.6. The Morgan fingerprint density at radius 2 is 1.64 bits per heavy atom. The van der Waals surface area contributed by atoms with E-state index in [-0.39, 0.29) is 46.2 Å². The summed E-state index contributed by atoms with van der Waals surface area (Å²) in [7, 11) is 0. The summed E-state index contributed by atoms with van der Waals surface area (Å²) in [5.74, 6) is 0.0971. The largest absolute Gasteiger partial charge is 0.508 e. The maximum atomic E-state index is 13.6. The Balaban J connectivity index is 1.43. The molecule has 0 aliphatic heterocycles. The molecule has 6 rings (SSSR count). The lowest BCUT2D eigenvalue weighted by molar-refractivity contribution is -0.274. The van der Waals surface area contributed by atoms with Gasteiger partial charge in [0.05, 0.1) is 5.41 Å². The first-order chi connectivity index (χ1) is 21.0. The van der Waals surface area contributed by atoms with Crippen LogP contribution in [0.15, 0.2) is 42.5 Å². The predicted octanol–water partition coefficient (Wildman–Crippen LogP) is 8.24. The van der Waals surface area contributed by atoms with Gasteiger partial charge in [0.1, 0.15) is 17.6 Å². The third kappa shape index (κ3) is 4.43. The van der Waals surface area contributed by atoms with E-state index in [0.717, 1.165) is 43.2 Å². The van der Waals surface area contributed by atoms with Crippen LogP contribution < -0.4 is 0 Å². The number of carbonyl (C=O) groups excluding carboxylic acids is 2. The van der Waals surface area contributed by atoms with E-state index in [9.17, 15) is 24.6 Å². The van der Waals surface area contributed by atoms with Crippen LogP contribution >= 0.6 is 0 Å². The Morgan fingerprint density at radius 3 is 2.29 bits per heavy atom. The molecule has 6 nitrogen and oxygen atoms in total. The number of hydrogen-bond acceptors (Lipinski definition) is 5. The zero-order valence-electron chi connectivity index (χ0n) is 28.0. The summed E-state index contributed by atoms with van der Waals surface area (Å²) in [6.07, 6.45) is 9.74. The molecule has 5 aliphatic carbocycles. The van der Waals surface area contributed by atoms with Crippen LogP contribution in [-0.2, 0) is 19.1 Å². The van der Waals surface area contributed by atoms with Gasteiger partial charge in [0, 0.05) is 23.3 Å². The smallest absolute Gasteiger partial charge is 0.331 e. The summed E-state index contributed by atoms with van der Waals surface area (Å²) in [6, 6.07) is 6.68. The number of benzene rings is 1. The lowest BCUT2D eigenvalue weighted by Gasteiger charge is -2.73. The molecule has 5 saturated carbocycles. The zero-order valence-corrected chi connectivity index (χ0v) is 28.0. The molecule has 0 spiro atoms. The molecule has 0 bridgehead atoms. The number of carboxylic acids is 1. The molecule has 244 valence electrons. The standard InChI is InChI=1S/C39H52O6/c1-23(2)26-16-19-39(34(43)44)21-20-37(6)27(33(26)39)13-14-28-36(5)18-17-30(41)35(3,4)29(36)22-31(38(28,37)7)45-32(42)15-10-24-8-11-25(40)12-9-24/h8-12,15,26-29,31,33,40H,1,13-14,16-22H2,2-7H3,(H,43,44)/b15-10+/t26-,27-,28+,29+,31+,33+,36-,37-,38-,39-/m1/s1. The van der Waals surface area contributed by atoms with Crippen LogP contribution in [0.4, 0.5) is 0 Å². The molecule has 2 N–H and O–H groups in total. The molecule has 0 radical (unpaired) electrons. The van der Waals surface area contributed by atoms with Crippen molar-refractivity contribution in [3.8, 4) is 5.75 Å². The molecule has 5 aliphatic rings. The number of carboxylic acid groups (broad SMARTS) is 1. The van der Waals surface area contributed by atoms with Crippen molar-refractivity contribution in [2.75, 3.05) is 0 Å². The molecule has 1 aromatic carbocycles. The fraction of sp³-hybridized carbons (Fsp3) is 0.667. The summed E-state index contributed by atoms with van der Waals surface area (Å²) >= 11 is 0. The number of esters is 1. The molecule has 0 saturated heterocycles. The van der Waals surface area contributed by atoms with E-state index in [1.54, 1.807) is 30.3 Å². The topological polar surface area (TPSA) is 101 Å². The number of Topliss-reactive ketones (excluding diaryl/α,β-unsaturated/α-hetero) is 1. The molecular weight excluding hydrogens is 564 g/mol. The summed E-state index contributed by atoms with van der Waals surface area (Å²) < 4.78 is 6.58. The number of hydrogen-bond donors (Lipinski definition) is 2. The Bertz CT molecular complexity index is 1440. The lowest BCUT2D eigenvalue weighted by atomic mass is 9.31. The van der Waals surface area contributed by atoms with Crippen molar-refractivity contribution in [1.82, 2.24) is 0 Å². The number of phenols is 1. The summed E-state index contributed by atoms with van der Waals surface area (Å²) in [6.45, 7) is 17.8. The minimum Gasteiger partial charge on any atom is -0.508 e.